The molecule has 0 saturated heterocycles. The van der Waals surface area contributed by atoms with E-state index in [4.69, 9.17) is 0 Å². The smallest absolute Gasteiger partial charge is 0.0727 e. The summed E-state index contributed by atoms with van der Waals surface area (Å²) in [6.07, 6.45) is 0. The molecule has 0 aliphatic rings. The van der Waals surface area contributed by atoms with Gasteiger partial charge in [-0.1, -0.05) is 127 Å². The second kappa shape index (κ2) is 10.5. The van der Waals surface area contributed by atoms with Gasteiger partial charge in [0.15, 0.2) is 0 Å². The number of benzene rings is 7. The highest BCUT2D eigenvalue weighted by Gasteiger charge is 2.18. The molecule has 0 spiro atoms. The van der Waals surface area contributed by atoms with E-state index in [9.17, 15) is 0 Å². The summed E-state index contributed by atoms with van der Waals surface area (Å²) in [7, 11) is 0. The molecule has 0 aliphatic carbocycles. The molecular formula is C44H27NS2. The van der Waals surface area contributed by atoms with Crippen molar-refractivity contribution in [3.63, 3.8) is 0 Å². The lowest BCUT2D eigenvalue weighted by Crippen LogP contribution is -1.92. The van der Waals surface area contributed by atoms with Crippen LogP contribution < -0.4 is 0 Å². The van der Waals surface area contributed by atoms with Crippen molar-refractivity contribution >= 4 is 74.1 Å². The average molecular weight is 634 g/mol. The third kappa shape index (κ3) is 4.28. The molecule has 3 heterocycles. The van der Waals surface area contributed by atoms with E-state index >= 15 is 0 Å². The summed E-state index contributed by atoms with van der Waals surface area (Å²) < 4.78 is 7.75. The van der Waals surface area contributed by atoms with Gasteiger partial charge < -0.3 is 4.57 Å². The molecule has 0 unspecified atom stereocenters. The number of rotatable bonds is 4. The normalized spacial score (nSPS) is 11.8. The van der Waals surface area contributed by atoms with Crippen molar-refractivity contribution in [2.24, 2.45) is 0 Å². The predicted octanol–water partition coefficient (Wildman–Crippen LogP) is 13.4. The molecule has 3 aromatic heterocycles. The van der Waals surface area contributed by atoms with Gasteiger partial charge in [-0.2, -0.15) is 0 Å². The van der Waals surface area contributed by atoms with Gasteiger partial charge in [0.05, 0.1) is 15.7 Å². The first-order chi connectivity index (χ1) is 23.3. The Kier molecular flexibility index (Phi) is 5.98. The molecule has 0 bridgehead atoms. The van der Waals surface area contributed by atoms with Crippen molar-refractivity contribution in [2.75, 3.05) is 0 Å². The van der Waals surface area contributed by atoms with E-state index in [-0.39, 0.29) is 0 Å². The quantitative estimate of drug-likeness (QED) is 0.182. The average Bonchev–Trinajstić information content (AvgIpc) is 3.80. The molecule has 3 heteroatoms. The van der Waals surface area contributed by atoms with E-state index in [1.54, 1.807) is 0 Å². The number of hydrogen-bond acceptors (Lipinski definition) is 2. The van der Waals surface area contributed by atoms with Gasteiger partial charge in [-0.05, 0) is 69.8 Å². The minimum absolute atomic E-state index is 1.20. The molecule has 220 valence electrons. The molecule has 7 aromatic carbocycles. The maximum atomic E-state index is 2.42. The molecule has 0 saturated carbocycles. The van der Waals surface area contributed by atoms with Crippen LogP contribution >= 0.6 is 22.7 Å². The molecule has 0 amide bonds. The highest BCUT2D eigenvalue weighted by molar-refractivity contribution is 7.27. The first-order valence-electron chi connectivity index (χ1n) is 15.9. The monoisotopic (exact) mass is 633 g/mol. The molecule has 0 aliphatic heterocycles. The van der Waals surface area contributed by atoms with Gasteiger partial charge in [0.2, 0.25) is 0 Å². The Morgan fingerprint density at radius 3 is 1.43 bits per heavy atom. The minimum atomic E-state index is 1.20. The minimum Gasteiger partial charge on any atom is -0.308 e. The Bertz CT molecular complexity index is 2760. The summed E-state index contributed by atoms with van der Waals surface area (Å²) in [6.45, 7) is 0. The van der Waals surface area contributed by atoms with Gasteiger partial charge >= 0.3 is 0 Å². The van der Waals surface area contributed by atoms with Gasteiger partial charge in [0.1, 0.15) is 0 Å². The maximum Gasteiger partial charge on any atom is 0.0727 e. The predicted molar refractivity (Wildman–Crippen MR) is 205 cm³/mol. The van der Waals surface area contributed by atoms with Crippen molar-refractivity contribution in [1.29, 1.82) is 0 Å². The van der Waals surface area contributed by atoms with E-state index in [1.807, 2.05) is 22.7 Å². The summed E-state index contributed by atoms with van der Waals surface area (Å²) in [4.78, 5) is 0. The molecule has 10 rings (SSSR count). The second-order valence-electron chi connectivity index (χ2n) is 12.1. The standard InChI is InChI=1S/C44H27NS2/c1-3-9-28(10-4-1)31-19-22-35-36-23-20-32(26-41(36)46-40(35)25-31)29-15-17-30(18-16-29)33-21-24-38-42(27-33)47-44-37-13-7-8-14-39(37)45(43(38)44)34-11-5-2-6-12-34/h1-27H. The Morgan fingerprint density at radius 2 is 0.809 bits per heavy atom. The van der Waals surface area contributed by atoms with E-state index in [0.717, 1.165) is 0 Å². The Hall–Kier alpha value is -5.48. The lowest BCUT2D eigenvalue weighted by molar-refractivity contribution is 1.19. The van der Waals surface area contributed by atoms with Crippen molar-refractivity contribution in [2.45, 2.75) is 0 Å². The topological polar surface area (TPSA) is 4.93 Å². The zero-order chi connectivity index (χ0) is 30.9. The van der Waals surface area contributed by atoms with Crippen molar-refractivity contribution in [3.05, 3.63) is 164 Å². The van der Waals surface area contributed by atoms with Crippen LogP contribution in [0.1, 0.15) is 0 Å². The number of fused-ring (bicyclic) bond motifs is 8. The fraction of sp³-hybridized carbons (Fsp3) is 0. The van der Waals surface area contributed by atoms with Gasteiger partial charge in [-0.25, -0.2) is 0 Å². The third-order valence-electron chi connectivity index (χ3n) is 9.42. The van der Waals surface area contributed by atoms with Crippen LogP contribution in [0.15, 0.2) is 164 Å². The van der Waals surface area contributed by atoms with Crippen LogP contribution in [-0.4, -0.2) is 4.57 Å². The number of nitrogens with zero attached hydrogens (tertiary/aromatic N) is 1. The summed E-state index contributed by atoms with van der Waals surface area (Å²) in [5, 5.41) is 5.27. The van der Waals surface area contributed by atoms with E-state index < -0.39 is 0 Å². The zero-order valence-electron chi connectivity index (χ0n) is 25.4. The van der Waals surface area contributed by atoms with Crippen LogP contribution in [0.25, 0.3) is 90.4 Å². The van der Waals surface area contributed by atoms with E-state index in [2.05, 4.69) is 168 Å². The van der Waals surface area contributed by atoms with Gasteiger partial charge in [-0.3, -0.25) is 0 Å². The number of aromatic nitrogens is 1. The maximum absolute atomic E-state index is 2.42. The Morgan fingerprint density at radius 1 is 0.340 bits per heavy atom. The van der Waals surface area contributed by atoms with Crippen LogP contribution in [0.3, 0.4) is 0 Å². The first-order valence-corrected chi connectivity index (χ1v) is 17.6. The zero-order valence-corrected chi connectivity index (χ0v) is 27.0. The van der Waals surface area contributed by atoms with Gasteiger partial charge in [0, 0.05) is 41.3 Å². The lowest BCUT2D eigenvalue weighted by Gasteiger charge is -2.08. The molecule has 0 fully saturated rings. The third-order valence-corrected chi connectivity index (χ3v) is 11.7. The highest BCUT2D eigenvalue weighted by atomic mass is 32.1. The molecule has 0 N–H and O–H groups in total. The fourth-order valence-electron chi connectivity index (χ4n) is 7.12. The molecule has 0 atom stereocenters. The van der Waals surface area contributed by atoms with Crippen LogP contribution in [-0.2, 0) is 0 Å². The van der Waals surface area contributed by atoms with Crippen LogP contribution in [0.5, 0.6) is 0 Å². The Labute approximate surface area is 280 Å². The number of para-hydroxylation sites is 2. The van der Waals surface area contributed by atoms with Gasteiger partial charge in [0.25, 0.3) is 0 Å². The second-order valence-corrected chi connectivity index (χ2v) is 14.3. The molecule has 10 aromatic rings. The van der Waals surface area contributed by atoms with E-state index in [1.165, 1.54) is 90.4 Å². The highest BCUT2D eigenvalue weighted by Crippen LogP contribution is 2.44. The van der Waals surface area contributed by atoms with Crippen molar-refractivity contribution in [1.82, 2.24) is 4.57 Å². The molecule has 1 nitrogen and oxygen atoms in total. The van der Waals surface area contributed by atoms with Crippen molar-refractivity contribution in [3.8, 4) is 39.1 Å². The van der Waals surface area contributed by atoms with Crippen molar-refractivity contribution < 1.29 is 0 Å². The van der Waals surface area contributed by atoms with E-state index in [0.29, 0.717) is 0 Å². The van der Waals surface area contributed by atoms with Crippen LogP contribution in [0.4, 0.5) is 0 Å². The summed E-state index contributed by atoms with van der Waals surface area (Å²) in [6, 6.07) is 59.9. The first kappa shape index (κ1) is 26.7. The molecule has 47 heavy (non-hydrogen) atoms. The Balaban J connectivity index is 1.01. The number of thiophene rings is 2. The fourth-order valence-corrected chi connectivity index (χ4v) is 9.56. The summed E-state index contributed by atoms with van der Waals surface area (Å²) in [5.41, 5.74) is 11.3. The van der Waals surface area contributed by atoms with Crippen LogP contribution in [0, 0.1) is 0 Å². The molecule has 0 radical (unpaired) electrons. The summed E-state index contributed by atoms with van der Waals surface area (Å²) in [5.74, 6) is 0. The van der Waals surface area contributed by atoms with Crippen LogP contribution in [0.2, 0.25) is 0 Å². The lowest BCUT2D eigenvalue weighted by atomic mass is 9.99. The summed E-state index contributed by atoms with van der Waals surface area (Å²) >= 11 is 3.78. The largest absolute Gasteiger partial charge is 0.308 e. The van der Waals surface area contributed by atoms with Gasteiger partial charge in [-0.15, -0.1) is 22.7 Å². The molecular weight excluding hydrogens is 607 g/mol. The SMILES string of the molecule is c1ccc(-c2ccc3c(c2)sc2cc(-c4ccc(-c5ccc6c(c5)sc5c7ccccc7n(-c7ccccc7)c65)cc4)ccc23)cc1. The number of hydrogen-bond donors (Lipinski definition) is 0.